The van der Waals surface area contributed by atoms with Gasteiger partial charge in [0.2, 0.25) is 5.95 Å². The van der Waals surface area contributed by atoms with Crippen molar-refractivity contribution in [1.82, 2.24) is 15.3 Å². The van der Waals surface area contributed by atoms with Crippen molar-refractivity contribution in [2.24, 2.45) is 0 Å². The maximum absolute atomic E-state index is 14.6. The Labute approximate surface area is 164 Å². The third-order valence-corrected chi connectivity index (χ3v) is 5.88. The molecule has 29 heavy (non-hydrogen) atoms. The Kier molecular flexibility index (Phi) is 4.12. The summed E-state index contributed by atoms with van der Waals surface area (Å²) in [5, 5.41) is 12.5. The molecule has 0 spiro atoms. The molecule has 1 saturated heterocycles. The van der Waals surface area contributed by atoms with Crippen molar-refractivity contribution in [3.05, 3.63) is 40.6 Å². The zero-order chi connectivity index (χ0) is 20.4. The standard InChI is InChI=1S/C20H20F4N4O/c21-19(22)5-6-25-8-12-2-1-11(7-15(12)19)16-14-3-4-20(23,24)17(14)27-18(26-16)28-9-13(29)10-28/h1-2,7,13,25,29H,3-6,8-10H2. The minimum atomic E-state index is -3.08. The van der Waals surface area contributed by atoms with Crippen LogP contribution in [0.25, 0.3) is 11.3 Å². The van der Waals surface area contributed by atoms with Gasteiger partial charge in [0.1, 0.15) is 5.69 Å². The van der Waals surface area contributed by atoms with E-state index < -0.39 is 17.9 Å². The number of aromatic nitrogens is 2. The van der Waals surface area contributed by atoms with Crippen LogP contribution in [-0.4, -0.2) is 40.8 Å². The Morgan fingerprint density at radius 1 is 1.07 bits per heavy atom. The van der Waals surface area contributed by atoms with Crippen molar-refractivity contribution in [1.29, 1.82) is 0 Å². The molecule has 1 aromatic carbocycles. The number of β-amino-alcohol motifs (C(OH)–C–C–N with tert-alkyl or cyclic N) is 1. The van der Waals surface area contributed by atoms with E-state index in [-0.39, 0.29) is 61.8 Å². The molecule has 3 heterocycles. The first kappa shape index (κ1) is 18.7. The Morgan fingerprint density at radius 3 is 2.62 bits per heavy atom. The van der Waals surface area contributed by atoms with Crippen LogP contribution in [0.4, 0.5) is 23.5 Å². The van der Waals surface area contributed by atoms with Gasteiger partial charge >= 0.3 is 0 Å². The normalized spacial score (nSPS) is 22.6. The molecule has 1 fully saturated rings. The minimum Gasteiger partial charge on any atom is -0.389 e. The fourth-order valence-corrected chi connectivity index (χ4v) is 4.23. The van der Waals surface area contributed by atoms with Gasteiger partial charge in [0.05, 0.1) is 11.8 Å². The highest BCUT2D eigenvalue weighted by molar-refractivity contribution is 5.69. The second kappa shape index (κ2) is 6.37. The predicted octanol–water partition coefficient (Wildman–Crippen LogP) is 2.95. The van der Waals surface area contributed by atoms with E-state index in [1.165, 1.54) is 6.07 Å². The number of nitrogens with one attached hydrogen (secondary N) is 1. The smallest absolute Gasteiger partial charge is 0.290 e. The van der Waals surface area contributed by atoms with Gasteiger partial charge in [-0.3, -0.25) is 0 Å². The van der Waals surface area contributed by atoms with Crippen LogP contribution in [-0.2, 0) is 24.8 Å². The van der Waals surface area contributed by atoms with E-state index in [1.807, 2.05) is 0 Å². The Morgan fingerprint density at radius 2 is 1.86 bits per heavy atom. The first-order valence-electron chi connectivity index (χ1n) is 9.69. The summed E-state index contributed by atoms with van der Waals surface area (Å²) >= 11 is 0. The second-order valence-corrected chi connectivity index (χ2v) is 7.97. The van der Waals surface area contributed by atoms with Crippen molar-refractivity contribution in [2.75, 3.05) is 24.5 Å². The number of aliphatic hydroxyl groups is 1. The summed E-state index contributed by atoms with van der Waals surface area (Å²) in [6, 6.07) is 4.66. The summed E-state index contributed by atoms with van der Waals surface area (Å²) in [5.41, 5.74) is 1.07. The van der Waals surface area contributed by atoms with Gasteiger partial charge in [0.25, 0.3) is 11.8 Å². The zero-order valence-corrected chi connectivity index (χ0v) is 15.6. The lowest BCUT2D eigenvalue weighted by Gasteiger charge is -2.36. The maximum Gasteiger partial charge on any atom is 0.290 e. The van der Waals surface area contributed by atoms with E-state index in [9.17, 15) is 22.7 Å². The van der Waals surface area contributed by atoms with Gasteiger partial charge in [0, 0.05) is 55.7 Å². The molecule has 1 aliphatic carbocycles. The molecule has 2 aromatic rings. The van der Waals surface area contributed by atoms with Crippen LogP contribution in [0, 0.1) is 0 Å². The first-order chi connectivity index (χ1) is 13.7. The third-order valence-electron chi connectivity index (χ3n) is 5.88. The largest absolute Gasteiger partial charge is 0.389 e. The number of hydrogen-bond donors (Lipinski definition) is 2. The molecule has 1 aromatic heterocycles. The molecule has 0 amide bonds. The summed E-state index contributed by atoms with van der Waals surface area (Å²) in [5.74, 6) is -5.97. The first-order valence-corrected chi connectivity index (χ1v) is 9.69. The summed E-state index contributed by atoms with van der Waals surface area (Å²) < 4.78 is 58.1. The summed E-state index contributed by atoms with van der Waals surface area (Å²) in [4.78, 5) is 10.2. The van der Waals surface area contributed by atoms with Crippen LogP contribution in [0.15, 0.2) is 18.2 Å². The van der Waals surface area contributed by atoms with Crippen LogP contribution >= 0.6 is 0 Å². The van der Waals surface area contributed by atoms with Gasteiger partial charge in [-0.25, -0.2) is 18.7 Å². The molecular formula is C20H20F4N4O. The van der Waals surface area contributed by atoms with Crippen LogP contribution in [0.2, 0.25) is 0 Å². The lowest BCUT2D eigenvalue weighted by atomic mass is 9.95. The number of benzene rings is 1. The van der Waals surface area contributed by atoms with Gasteiger partial charge in [0.15, 0.2) is 0 Å². The molecule has 5 rings (SSSR count). The minimum absolute atomic E-state index is 0.0851. The average Bonchev–Trinajstić information content (AvgIpc) is 2.87. The molecule has 0 unspecified atom stereocenters. The van der Waals surface area contributed by atoms with Crippen molar-refractivity contribution in [3.63, 3.8) is 0 Å². The van der Waals surface area contributed by atoms with E-state index in [0.29, 0.717) is 23.2 Å². The fraction of sp³-hybridized carbons (Fsp3) is 0.500. The third kappa shape index (κ3) is 3.07. The number of aliphatic hydroxyl groups excluding tert-OH is 1. The molecule has 0 bridgehead atoms. The number of fused-ring (bicyclic) bond motifs is 2. The van der Waals surface area contributed by atoms with Gasteiger partial charge < -0.3 is 15.3 Å². The van der Waals surface area contributed by atoms with Gasteiger partial charge in [-0.15, -0.1) is 0 Å². The highest BCUT2D eigenvalue weighted by Gasteiger charge is 2.44. The van der Waals surface area contributed by atoms with Gasteiger partial charge in [-0.05, 0) is 18.1 Å². The Hall–Kier alpha value is -2.26. The fourth-order valence-electron chi connectivity index (χ4n) is 4.23. The average molecular weight is 408 g/mol. The molecule has 5 nitrogen and oxygen atoms in total. The van der Waals surface area contributed by atoms with Gasteiger partial charge in [-0.1, -0.05) is 12.1 Å². The molecular weight excluding hydrogens is 388 g/mol. The summed E-state index contributed by atoms with van der Waals surface area (Å²) in [7, 11) is 0. The van der Waals surface area contributed by atoms with Crippen LogP contribution in [0.5, 0.6) is 0 Å². The second-order valence-electron chi connectivity index (χ2n) is 7.97. The number of alkyl halides is 4. The molecule has 2 N–H and O–H groups in total. The lowest BCUT2D eigenvalue weighted by molar-refractivity contribution is -0.0107. The lowest BCUT2D eigenvalue weighted by Crippen LogP contribution is -2.51. The molecule has 3 aliphatic rings. The van der Waals surface area contributed by atoms with Crippen molar-refractivity contribution in [2.45, 2.75) is 43.8 Å². The van der Waals surface area contributed by atoms with Crippen LogP contribution in [0.1, 0.15) is 35.2 Å². The van der Waals surface area contributed by atoms with E-state index >= 15 is 0 Å². The maximum atomic E-state index is 14.6. The van der Waals surface area contributed by atoms with Crippen molar-refractivity contribution < 1.29 is 22.7 Å². The van der Waals surface area contributed by atoms with Gasteiger partial charge in [-0.2, -0.15) is 8.78 Å². The molecule has 0 radical (unpaired) electrons. The van der Waals surface area contributed by atoms with E-state index in [0.717, 1.165) is 0 Å². The van der Waals surface area contributed by atoms with Crippen LogP contribution < -0.4 is 10.2 Å². The SMILES string of the molecule is OC1CN(c2nc(-c3ccc4c(c3)C(F)(F)CCNC4)c3c(n2)C(F)(F)CC3)C1. The zero-order valence-electron chi connectivity index (χ0n) is 15.6. The number of hydrogen-bond acceptors (Lipinski definition) is 5. The number of rotatable bonds is 2. The van der Waals surface area contributed by atoms with E-state index in [2.05, 4.69) is 15.3 Å². The molecule has 0 atom stereocenters. The van der Waals surface area contributed by atoms with Crippen molar-refractivity contribution in [3.8, 4) is 11.3 Å². The number of nitrogens with zero attached hydrogens (tertiary/aromatic N) is 3. The van der Waals surface area contributed by atoms with Crippen molar-refractivity contribution >= 4 is 5.95 Å². The van der Waals surface area contributed by atoms with E-state index in [4.69, 9.17) is 0 Å². The molecule has 9 heteroatoms. The highest BCUT2D eigenvalue weighted by Crippen LogP contribution is 2.45. The summed E-state index contributed by atoms with van der Waals surface area (Å²) in [6.45, 7) is 1.06. The molecule has 154 valence electrons. The predicted molar refractivity (Wildman–Crippen MR) is 98.1 cm³/mol. The number of halogens is 4. The monoisotopic (exact) mass is 408 g/mol. The highest BCUT2D eigenvalue weighted by atomic mass is 19.3. The quantitative estimate of drug-likeness (QED) is 0.749. The van der Waals surface area contributed by atoms with E-state index in [1.54, 1.807) is 17.0 Å². The molecule has 2 aliphatic heterocycles. The number of anilines is 1. The molecule has 0 saturated carbocycles. The van der Waals surface area contributed by atoms with Crippen LogP contribution in [0.3, 0.4) is 0 Å². The summed E-state index contributed by atoms with van der Waals surface area (Å²) in [6.07, 6.45) is -1.15. The Bertz CT molecular complexity index is 975. The Balaban J connectivity index is 1.66. The topological polar surface area (TPSA) is 61.3 Å².